The van der Waals surface area contributed by atoms with Crippen molar-refractivity contribution >= 4 is 23.2 Å². The lowest BCUT2D eigenvalue weighted by Gasteiger charge is -2.32. The maximum absolute atomic E-state index is 12.7. The van der Waals surface area contributed by atoms with Crippen LogP contribution in [0.25, 0.3) is 0 Å². The van der Waals surface area contributed by atoms with Crippen molar-refractivity contribution in [1.29, 1.82) is 0 Å². The molecule has 2 aromatic carbocycles. The van der Waals surface area contributed by atoms with E-state index >= 15 is 0 Å². The Hall–Kier alpha value is -2.86. The van der Waals surface area contributed by atoms with Gasteiger partial charge in [-0.05, 0) is 80.7 Å². The number of nitrogens with one attached hydrogen (secondary N) is 2. The fourth-order valence-electron chi connectivity index (χ4n) is 5.04. The first-order valence-corrected chi connectivity index (χ1v) is 12.7. The third kappa shape index (κ3) is 6.60. The molecule has 2 fully saturated rings. The number of piperidine rings is 1. The molecule has 1 saturated heterocycles. The van der Waals surface area contributed by atoms with E-state index in [9.17, 15) is 9.59 Å². The zero-order valence-corrected chi connectivity index (χ0v) is 20.6. The summed E-state index contributed by atoms with van der Waals surface area (Å²) in [5, 5.41) is 6.32. The minimum atomic E-state index is -0.104. The third-order valence-electron chi connectivity index (χ3n) is 7.15. The van der Waals surface area contributed by atoms with Gasteiger partial charge in [-0.3, -0.25) is 14.5 Å². The molecular formula is C28H38N4O2. The topological polar surface area (TPSA) is 64.7 Å². The highest BCUT2D eigenvalue weighted by Crippen LogP contribution is 2.23. The summed E-state index contributed by atoms with van der Waals surface area (Å²) in [7, 11) is 3.96. The summed E-state index contributed by atoms with van der Waals surface area (Å²) in [6.07, 6.45) is 7.89. The average Bonchev–Trinajstić information content (AvgIpc) is 2.85. The SMILES string of the molecule is CN(C)c1ccc(C(=O)Nc2cccc(CN3CCC(C(=O)NC4CCCCC4)CC3)c2)cc1. The van der Waals surface area contributed by atoms with Crippen LogP contribution in [0.1, 0.15) is 60.9 Å². The molecule has 0 spiro atoms. The van der Waals surface area contributed by atoms with Crippen molar-refractivity contribution in [2.75, 3.05) is 37.4 Å². The van der Waals surface area contributed by atoms with E-state index in [0.29, 0.717) is 11.6 Å². The number of rotatable bonds is 7. The quantitative estimate of drug-likeness (QED) is 0.628. The molecule has 1 heterocycles. The Morgan fingerprint density at radius 1 is 0.941 bits per heavy atom. The van der Waals surface area contributed by atoms with Gasteiger partial charge in [0, 0.05) is 49.5 Å². The summed E-state index contributed by atoms with van der Waals surface area (Å²) >= 11 is 0. The standard InChI is InChI=1S/C28H38N4O2/c1-31(2)26-13-11-22(12-14-26)27(33)30-25-10-6-7-21(19-25)20-32-17-15-23(16-18-32)28(34)29-24-8-4-3-5-9-24/h6-7,10-14,19,23-24H,3-5,8-9,15-18,20H2,1-2H3,(H,29,34)(H,30,33). The Balaban J connectivity index is 1.25. The average molecular weight is 463 g/mol. The molecule has 34 heavy (non-hydrogen) atoms. The predicted molar refractivity (Wildman–Crippen MR) is 138 cm³/mol. The van der Waals surface area contributed by atoms with E-state index in [0.717, 1.165) is 56.7 Å². The smallest absolute Gasteiger partial charge is 0.255 e. The Labute approximate surface area is 203 Å². The Morgan fingerprint density at radius 2 is 1.65 bits per heavy atom. The van der Waals surface area contributed by atoms with E-state index < -0.39 is 0 Å². The highest BCUT2D eigenvalue weighted by Gasteiger charge is 2.27. The summed E-state index contributed by atoms with van der Waals surface area (Å²) in [6.45, 7) is 2.69. The van der Waals surface area contributed by atoms with Crippen molar-refractivity contribution in [1.82, 2.24) is 10.2 Å². The molecule has 2 amide bonds. The monoisotopic (exact) mass is 462 g/mol. The number of carbonyl (C=O) groups excluding carboxylic acids is 2. The fourth-order valence-corrected chi connectivity index (χ4v) is 5.04. The molecule has 0 bridgehead atoms. The molecule has 2 aromatic rings. The number of carbonyl (C=O) groups is 2. The minimum absolute atomic E-state index is 0.104. The van der Waals surface area contributed by atoms with Gasteiger partial charge < -0.3 is 15.5 Å². The van der Waals surface area contributed by atoms with Crippen molar-refractivity contribution < 1.29 is 9.59 Å². The van der Waals surface area contributed by atoms with Crippen molar-refractivity contribution in [2.45, 2.75) is 57.5 Å². The normalized spacial score (nSPS) is 17.8. The van der Waals surface area contributed by atoms with Crippen LogP contribution in [0.3, 0.4) is 0 Å². The van der Waals surface area contributed by atoms with Crippen molar-refractivity contribution in [3.05, 3.63) is 59.7 Å². The maximum atomic E-state index is 12.7. The van der Waals surface area contributed by atoms with E-state index in [1.54, 1.807) is 0 Å². The van der Waals surface area contributed by atoms with Gasteiger partial charge in [0.1, 0.15) is 0 Å². The van der Waals surface area contributed by atoms with Gasteiger partial charge in [0.05, 0.1) is 0 Å². The van der Waals surface area contributed by atoms with E-state index in [1.165, 1.54) is 24.8 Å². The van der Waals surface area contributed by atoms with Gasteiger partial charge in [-0.15, -0.1) is 0 Å². The van der Waals surface area contributed by atoms with Crippen LogP contribution >= 0.6 is 0 Å². The highest BCUT2D eigenvalue weighted by atomic mass is 16.2. The molecule has 0 aromatic heterocycles. The molecule has 0 atom stereocenters. The number of nitrogens with zero attached hydrogens (tertiary/aromatic N) is 2. The summed E-state index contributed by atoms with van der Waals surface area (Å²) in [5.74, 6) is 0.296. The van der Waals surface area contributed by atoms with Crippen LogP contribution in [0.15, 0.2) is 48.5 Å². The number of likely N-dealkylation sites (tertiary alicyclic amines) is 1. The van der Waals surface area contributed by atoms with Gasteiger partial charge in [0.25, 0.3) is 5.91 Å². The molecule has 0 unspecified atom stereocenters. The second-order valence-electron chi connectivity index (χ2n) is 9.99. The number of hydrogen-bond acceptors (Lipinski definition) is 4. The summed E-state index contributed by atoms with van der Waals surface area (Å²) in [5.41, 5.74) is 3.69. The van der Waals surface area contributed by atoms with Crippen molar-refractivity contribution in [3.63, 3.8) is 0 Å². The molecule has 4 rings (SSSR count). The van der Waals surface area contributed by atoms with Crippen LogP contribution < -0.4 is 15.5 Å². The van der Waals surface area contributed by atoms with Crippen molar-refractivity contribution in [3.8, 4) is 0 Å². The lowest BCUT2D eigenvalue weighted by atomic mass is 9.92. The summed E-state index contributed by atoms with van der Waals surface area (Å²) < 4.78 is 0. The molecule has 2 aliphatic rings. The second kappa shape index (κ2) is 11.5. The molecular weight excluding hydrogens is 424 g/mol. The number of benzene rings is 2. The first kappa shape index (κ1) is 24.3. The van der Waals surface area contributed by atoms with Gasteiger partial charge >= 0.3 is 0 Å². The second-order valence-corrected chi connectivity index (χ2v) is 9.99. The van der Waals surface area contributed by atoms with Crippen molar-refractivity contribution in [2.24, 2.45) is 5.92 Å². The molecule has 1 saturated carbocycles. The maximum Gasteiger partial charge on any atom is 0.255 e. The summed E-state index contributed by atoms with van der Waals surface area (Å²) in [6, 6.07) is 16.1. The zero-order valence-electron chi connectivity index (χ0n) is 20.6. The molecule has 0 radical (unpaired) electrons. The van der Waals surface area contributed by atoms with E-state index in [4.69, 9.17) is 0 Å². The first-order chi connectivity index (χ1) is 16.5. The third-order valence-corrected chi connectivity index (χ3v) is 7.15. The highest BCUT2D eigenvalue weighted by molar-refractivity contribution is 6.04. The van der Waals surface area contributed by atoms with Gasteiger partial charge in [-0.1, -0.05) is 31.4 Å². The van der Waals surface area contributed by atoms with Crippen LogP contribution in [0.2, 0.25) is 0 Å². The fraction of sp³-hybridized carbons (Fsp3) is 0.500. The molecule has 2 N–H and O–H groups in total. The van der Waals surface area contributed by atoms with Crippen LogP contribution in [0.4, 0.5) is 11.4 Å². The van der Waals surface area contributed by atoms with Gasteiger partial charge in [-0.2, -0.15) is 0 Å². The van der Waals surface area contributed by atoms with Crippen LogP contribution in [0, 0.1) is 5.92 Å². The van der Waals surface area contributed by atoms with E-state index in [1.807, 2.05) is 61.5 Å². The Morgan fingerprint density at radius 3 is 2.32 bits per heavy atom. The summed E-state index contributed by atoms with van der Waals surface area (Å²) in [4.78, 5) is 29.8. The Bertz CT molecular complexity index is 959. The lowest BCUT2D eigenvalue weighted by Crippen LogP contribution is -2.44. The van der Waals surface area contributed by atoms with Gasteiger partial charge in [-0.25, -0.2) is 0 Å². The van der Waals surface area contributed by atoms with Gasteiger partial charge in [0.15, 0.2) is 0 Å². The largest absolute Gasteiger partial charge is 0.378 e. The predicted octanol–water partition coefficient (Wildman–Crippen LogP) is 4.67. The minimum Gasteiger partial charge on any atom is -0.378 e. The van der Waals surface area contributed by atoms with Crippen LogP contribution in [-0.4, -0.2) is 49.9 Å². The number of amides is 2. The Kier molecular flexibility index (Phi) is 8.22. The zero-order chi connectivity index (χ0) is 23.9. The number of anilines is 2. The van der Waals surface area contributed by atoms with Gasteiger partial charge in [0.2, 0.25) is 5.91 Å². The molecule has 6 heteroatoms. The van der Waals surface area contributed by atoms with E-state index in [-0.39, 0.29) is 17.7 Å². The molecule has 182 valence electrons. The first-order valence-electron chi connectivity index (χ1n) is 12.7. The lowest BCUT2D eigenvalue weighted by molar-refractivity contribution is -0.127. The molecule has 1 aliphatic heterocycles. The molecule has 6 nitrogen and oxygen atoms in total. The van der Waals surface area contributed by atoms with Crippen LogP contribution in [0.5, 0.6) is 0 Å². The molecule has 1 aliphatic carbocycles. The number of hydrogen-bond donors (Lipinski definition) is 2. The van der Waals surface area contributed by atoms with E-state index in [2.05, 4.69) is 21.6 Å². The van der Waals surface area contributed by atoms with Crippen LogP contribution in [-0.2, 0) is 11.3 Å².